The smallest absolute Gasteiger partial charge is 0.343 e. The highest BCUT2D eigenvalue weighted by Crippen LogP contribution is 2.18. The number of rotatable bonds is 3. The lowest BCUT2D eigenvalue weighted by atomic mass is 10.1. The highest BCUT2D eigenvalue weighted by atomic mass is 35.5. The number of ketones is 1. The van der Waals surface area contributed by atoms with Crippen LogP contribution in [0.5, 0.6) is 5.75 Å². The van der Waals surface area contributed by atoms with Crippen LogP contribution in [0.3, 0.4) is 0 Å². The molecule has 0 bridgehead atoms. The maximum atomic E-state index is 11.9. The minimum Gasteiger partial charge on any atom is -0.423 e. The second kappa shape index (κ2) is 6.03. The third kappa shape index (κ3) is 3.56. The summed E-state index contributed by atoms with van der Waals surface area (Å²) in [6, 6.07) is 8.96. The lowest BCUT2D eigenvalue weighted by Crippen LogP contribution is -2.09. The second-order valence-corrected chi connectivity index (χ2v) is 4.75. The molecule has 1 aromatic carbocycles. The van der Waals surface area contributed by atoms with Crippen molar-refractivity contribution < 1.29 is 14.3 Å². The van der Waals surface area contributed by atoms with Crippen LogP contribution in [0.4, 0.5) is 0 Å². The van der Waals surface area contributed by atoms with Crippen LogP contribution in [0.25, 0.3) is 0 Å². The zero-order valence-corrected chi connectivity index (χ0v) is 11.9. The van der Waals surface area contributed by atoms with Gasteiger partial charge in [-0.25, -0.2) is 9.78 Å². The number of hydrogen-bond acceptors (Lipinski definition) is 4. The second-order valence-electron chi connectivity index (χ2n) is 3.97. The Kier molecular flexibility index (Phi) is 4.37. The van der Waals surface area contributed by atoms with Crippen molar-refractivity contribution in [3.8, 4) is 5.75 Å². The van der Waals surface area contributed by atoms with Crippen molar-refractivity contribution in [2.24, 2.45) is 0 Å². The molecular weight excluding hydrogens is 301 g/mol. The van der Waals surface area contributed by atoms with E-state index in [4.69, 9.17) is 27.9 Å². The van der Waals surface area contributed by atoms with E-state index in [-0.39, 0.29) is 21.7 Å². The van der Waals surface area contributed by atoms with Crippen molar-refractivity contribution in [1.29, 1.82) is 0 Å². The van der Waals surface area contributed by atoms with Gasteiger partial charge in [0.05, 0.1) is 5.56 Å². The van der Waals surface area contributed by atoms with Crippen LogP contribution in [-0.2, 0) is 0 Å². The number of benzene rings is 1. The van der Waals surface area contributed by atoms with Crippen LogP contribution < -0.4 is 4.74 Å². The van der Waals surface area contributed by atoms with Gasteiger partial charge in [0.25, 0.3) is 0 Å². The number of pyridine rings is 1. The molecule has 2 aromatic rings. The summed E-state index contributed by atoms with van der Waals surface area (Å²) in [5.74, 6) is -0.341. The summed E-state index contributed by atoms with van der Waals surface area (Å²) in [7, 11) is 0. The molecule has 0 fully saturated rings. The van der Waals surface area contributed by atoms with Crippen LogP contribution in [-0.4, -0.2) is 16.7 Å². The third-order valence-electron chi connectivity index (χ3n) is 2.47. The standard InChI is InChI=1S/C14H9Cl2NO3/c1-8(18)9-2-4-11(5-3-9)20-14(19)10-6-12(15)17-13(16)7-10/h2-7H,1H3. The monoisotopic (exact) mass is 309 g/mol. The molecule has 0 amide bonds. The van der Waals surface area contributed by atoms with E-state index in [0.29, 0.717) is 11.3 Å². The molecule has 102 valence electrons. The fraction of sp³-hybridized carbons (Fsp3) is 0.0714. The van der Waals surface area contributed by atoms with Gasteiger partial charge in [-0.15, -0.1) is 0 Å². The van der Waals surface area contributed by atoms with Gasteiger partial charge in [-0.2, -0.15) is 0 Å². The van der Waals surface area contributed by atoms with Crippen molar-refractivity contribution in [2.75, 3.05) is 0 Å². The number of aromatic nitrogens is 1. The number of esters is 1. The summed E-state index contributed by atoms with van der Waals surface area (Å²) in [4.78, 5) is 26.8. The number of Topliss-reactive ketones (excluding diaryl/α,β-unsaturated/α-hetero) is 1. The molecule has 2 rings (SSSR count). The van der Waals surface area contributed by atoms with Crippen LogP contribution in [0.1, 0.15) is 27.6 Å². The molecule has 0 saturated carbocycles. The Bertz CT molecular complexity index is 648. The molecule has 1 heterocycles. The summed E-state index contributed by atoms with van der Waals surface area (Å²) in [5.41, 5.74) is 0.741. The summed E-state index contributed by atoms with van der Waals surface area (Å²) in [5, 5.41) is 0.216. The topological polar surface area (TPSA) is 56.3 Å². The largest absolute Gasteiger partial charge is 0.423 e. The molecule has 0 radical (unpaired) electrons. The van der Waals surface area contributed by atoms with Crippen molar-refractivity contribution in [3.63, 3.8) is 0 Å². The summed E-state index contributed by atoms with van der Waals surface area (Å²) in [6.07, 6.45) is 0. The zero-order valence-electron chi connectivity index (χ0n) is 10.4. The number of carbonyl (C=O) groups is 2. The minimum absolute atomic E-state index is 0.0597. The molecule has 0 unspecified atom stereocenters. The first-order valence-electron chi connectivity index (χ1n) is 5.62. The highest BCUT2D eigenvalue weighted by molar-refractivity contribution is 6.32. The van der Waals surface area contributed by atoms with Crippen LogP contribution in [0.15, 0.2) is 36.4 Å². The Labute approximate surface area is 125 Å². The zero-order chi connectivity index (χ0) is 14.7. The molecule has 4 nitrogen and oxygen atoms in total. The van der Waals surface area contributed by atoms with Gasteiger partial charge in [0.1, 0.15) is 16.1 Å². The molecular formula is C14H9Cl2NO3. The van der Waals surface area contributed by atoms with Gasteiger partial charge >= 0.3 is 5.97 Å². The molecule has 0 N–H and O–H groups in total. The van der Waals surface area contributed by atoms with Crippen LogP contribution in [0, 0.1) is 0 Å². The Morgan fingerprint density at radius 3 is 2.05 bits per heavy atom. The molecule has 0 aliphatic carbocycles. The number of halogens is 2. The number of ether oxygens (including phenoxy) is 1. The van der Waals surface area contributed by atoms with E-state index in [1.807, 2.05) is 0 Å². The molecule has 0 atom stereocenters. The van der Waals surface area contributed by atoms with Gasteiger partial charge in [0, 0.05) is 5.56 Å². The van der Waals surface area contributed by atoms with E-state index in [9.17, 15) is 9.59 Å². The first kappa shape index (κ1) is 14.5. The molecule has 6 heteroatoms. The quantitative estimate of drug-likeness (QED) is 0.374. The van der Waals surface area contributed by atoms with Gasteiger partial charge in [-0.1, -0.05) is 23.2 Å². The molecule has 0 saturated heterocycles. The fourth-order valence-corrected chi connectivity index (χ4v) is 1.97. The van der Waals surface area contributed by atoms with Crippen molar-refractivity contribution in [2.45, 2.75) is 6.92 Å². The maximum Gasteiger partial charge on any atom is 0.343 e. The Hall–Kier alpha value is -1.91. The predicted molar refractivity (Wildman–Crippen MR) is 75.7 cm³/mol. The van der Waals surface area contributed by atoms with Crippen molar-refractivity contribution in [1.82, 2.24) is 4.98 Å². The van der Waals surface area contributed by atoms with Gasteiger partial charge in [-0.05, 0) is 43.3 Å². The molecule has 0 aliphatic heterocycles. The highest BCUT2D eigenvalue weighted by Gasteiger charge is 2.11. The SMILES string of the molecule is CC(=O)c1ccc(OC(=O)c2cc(Cl)nc(Cl)c2)cc1. The van der Waals surface area contributed by atoms with Crippen molar-refractivity contribution >= 4 is 35.0 Å². The Morgan fingerprint density at radius 2 is 1.55 bits per heavy atom. The number of hydrogen-bond donors (Lipinski definition) is 0. The number of nitrogens with zero attached hydrogens (tertiary/aromatic N) is 1. The molecule has 20 heavy (non-hydrogen) atoms. The van der Waals surface area contributed by atoms with E-state index in [0.717, 1.165) is 0 Å². The molecule has 1 aromatic heterocycles. The van der Waals surface area contributed by atoms with Gasteiger partial charge in [0.2, 0.25) is 0 Å². The molecule has 0 spiro atoms. The maximum absolute atomic E-state index is 11.9. The minimum atomic E-state index is -0.605. The normalized spacial score (nSPS) is 10.2. The van der Waals surface area contributed by atoms with E-state index in [1.54, 1.807) is 24.3 Å². The van der Waals surface area contributed by atoms with E-state index in [2.05, 4.69) is 4.98 Å². The first-order chi connectivity index (χ1) is 9.45. The van der Waals surface area contributed by atoms with Crippen molar-refractivity contribution in [3.05, 3.63) is 57.8 Å². The average molecular weight is 310 g/mol. The predicted octanol–water partition coefficient (Wildman–Crippen LogP) is 3.81. The third-order valence-corrected chi connectivity index (χ3v) is 2.86. The summed E-state index contributed by atoms with van der Waals surface area (Å²) < 4.78 is 5.15. The Morgan fingerprint density at radius 1 is 1.00 bits per heavy atom. The number of carbonyl (C=O) groups excluding carboxylic acids is 2. The average Bonchev–Trinajstić information content (AvgIpc) is 2.38. The fourth-order valence-electron chi connectivity index (χ4n) is 1.51. The first-order valence-corrected chi connectivity index (χ1v) is 6.37. The van der Waals surface area contributed by atoms with Gasteiger partial charge in [0.15, 0.2) is 5.78 Å². The van der Waals surface area contributed by atoms with E-state index in [1.165, 1.54) is 19.1 Å². The van der Waals surface area contributed by atoms with Gasteiger partial charge in [-0.3, -0.25) is 4.79 Å². The molecule has 0 aliphatic rings. The lowest BCUT2D eigenvalue weighted by Gasteiger charge is -2.05. The van der Waals surface area contributed by atoms with E-state index >= 15 is 0 Å². The van der Waals surface area contributed by atoms with Crippen LogP contribution >= 0.6 is 23.2 Å². The summed E-state index contributed by atoms with van der Waals surface area (Å²) in [6.45, 7) is 1.46. The lowest BCUT2D eigenvalue weighted by molar-refractivity contribution is 0.0734. The van der Waals surface area contributed by atoms with Gasteiger partial charge < -0.3 is 4.74 Å². The summed E-state index contributed by atoms with van der Waals surface area (Å²) >= 11 is 11.4. The van der Waals surface area contributed by atoms with E-state index < -0.39 is 5.97 Å². The van der Waals surface area contributed by atoms with Crippen LogP contribution in [0.2, 0.25) is 10.3 Å². The Balaban J connectivity index is 2.16.